The molecule has 7 nitrogen and oxygen atoms in total. The molecular formula is C20H37N3O4. The highest BCUT2D eigenvalue weighted by atomic mass is 16.7. The molecule has 1 unspecified atom stereocenters. The van der Waals surface area contributed by atoms with Gasteiger partial charge in [0.25, 0.3) is 5.91 Å². The average Bonchev–Trinajstić information content (AvgIpc) is 2.60. The second-order valence-electron chi connectivity index (χ2n) is 8.49. The van der Waals surface area contributed by atoms with Gasteiger partial charge in [-0.25, -0.2) is 0 Å². The summed E-state index contributed by atoms with van der Waals surface area (Å²) < 4.78 is 11.3. The van der Waals surface area contributed by atoms with E-state index in [1.165, 1.54) is 6.08 Å². The van der Waals surface area contributed by atoms with Crippen LogP contribution in [0.2, 0.25) is 0 Å². The van der Waals surface area contributed by atoms with Crippen molar-refractivity contribution in [2.45, 2.75) is 85.1 Å². The second kappa shape index (κ2) is 10.2. The van der Waals surface area contributed by atoms with Gasteiger partial charge in [0.15, 0.2) is 6.29 Å². The number of nitrogens with one attached hydrogen (secondary N) is 2. The molecule has 0 aromatic carbocycles. The zero-order chi connectivity index (χ0) is 20.7. The zero-order valence-corrected chi connectivity index (χ0v) is 17.7. The average molecular weight is 384 g/mol. The van der Waals surface area contributed by atoms with Crippen LogP contribution in [-0.2, 0) is 19.1 Å². The third kappa shape index (κ3) is 7.99. The molecule has 0 aliphatic carbocycles. The fourth-order valence-corrected chi connectivity index (χ4v) is 2.65. The smallest absolute Gasteiger partial charge is 0.252 e. The third-order valence-corrected chi connectivity index (χ3v) is 4.86. The van der Waals surface area contributed by atoms with Crippen LogP contribution in [0.15, 0.2) is 11.8 Å². The summed E-state index contributed by atoms with van der Waals surface area (Å²) in [4.78, 5) is 24.6. The molecule has 1 saturated heterocycles. The van der Waals surface area contributed by atoms with E-state index in [4.69, 9.17) is 15.2 Å². The van der Waals surface area contributed by atoms with E-state index in [1.54, 1.807) is 13.8 Å². The van der Waals surface area contributed by atoms with Gasteiger partial charge >= 0.3 is 0 Å². The van der Waals surface area contributed by atoms with Crippen molar-refractivity contribution in [3.8, 4) is 0 Å². The Hall–Kier alpha value is -1.44. The molecule has 27 heavy (non-hydrogen) atoms. The first-order chi connectivity index (χ1) is 12.5. The summed E-state index contributed by atoms with van der Waals surface area (Å²) in [6.07, 6.45) is 4.95. The Balaban J connectivity index is 2.60. The Morgan fingerprint density at radius 1 is 1.30 bits per heavy atom. The van der Waals surface area contributed by atoms with E-state index in [2.05, 4.69) is 10.6 Å². The topological polar surface area (TPSA) is 103 Å². The van der Waals surface area contributed by atoms with Gasteiger partial charge in [-0.15, -0.1) is 0 Å². The zero-order valence-electron chi connectivity index (χ0n) is 17.7. The first-order valence-electron chi connectivity index (χ1n) is 9.82. The molecule has 0 spiro atoms. The Kier molecular flexibility index (Phi) is 8.91. The molecular weight excluding hydrogens is 346 g/mol. The van der Waals surface area contributed by atoms with Crippen LogP contribution in [-0.4, -0.2) is 42.9 Å². The number of carbonyl (C=O) groups excluding carboxylic acids is 2. The fourth-order valence-electron chi connectivity index (χ4n) is 2.65. The van der Waals surface area contributed by atoms with Gasteiger partial charge in [0, 0.05) is 29.8 Å². The van der Waals surface area contributed by atoms with Gasteiger partial charge in [-0.1, -0.05) is 20.8 Å². The van der Waals surface area contributed by atoms with E-state index in [0.717, 1.165) is 25.7 Å². The predicted molar refractivity (Wildman–Crippen MR) is 106 cm³/mol. The van der Waals surface area contributed by atoms with Gasteiger partial charge in [-0.3, -0.25) is 14.9 Å². The summed E-state index contributed by atoms with van der Waals surface area (Å²) in [7, 11) is 0. The lowest BCUT2D eigenvalue weighted by Crippen LogP contribution is -2.56. The number of hydrogen-bond acceptors (Lipinski definition) is 6. The van der Waals surface area contributed by atoms with Crippen LogP contribution in [0, 0.1) is 5.41 Å². The van der Waals surface area contributed by atoms with Crippen molar-refractivity contribution >= 4 is 11.8 Å². The van der Waals surface area contributed by atoms with Gasteiger partial charge in [0.05, 0.1) is 12.1 Å². The van der Waals surface area contributed by atoms with E-state index in [-0.39, 0.29) is 18.2 Å². The molecule has 4 N–H and O–H groups in total. The van der Waals surface area contributed by atoms with Crippen molar-refractivity contribution in [3.63, 3.8) is 0 Å². The lowest BCUT2D eigenvalue weighted by Gasteiger charge is -2.30. The number of nitrogens with two attached hydrogens (primary N) is 1. The van der Waals surface area contributed by atoms with Crippen LogP contribution in [0.4, 0.5) is 0 Å². The molecule has 1 aliphatic rings. The molecule has 0 saturated carbocycles. The number of hydrogen-bond donors (Lipinski definition) is 3. The lowest BCUT2D eigenvalue weighted by molar-refractivity contribution is -0.173. The van der Waals surface area contributed by atoms with Crippen molar-refractivity contribution in [1.82, 2.24) is 10.6 Å². The summed E-state index contributed by atoms with van der Waals surface area (Å²) in [5.41, 5.74) is 5.06. The van der Waals surface area contributed by atoms with Crippen molar-refractivity contribution < 1.29 is 19.1 Å². The molecule has 2 amide bonds. The monoisotopic (exact) mass is 383 g/mol. The quantitative estimate of drug-likeness (QED) is 0.528. The second-order valence-corrected chi connectivity index (χ2v) is 8.49. The van der Waals surface area contributed by atoms with Crippen LogP contribution >= 0.6 is 0 Å². The number of rotatable bonds is 9. The lowest BCUT2D eigenvalue weighted by atomic mass is 9.90. The van der Waals surface area contributed by atoms with Crippen molar-refractivity contribution in [3.05, 3.63) is 11.8 Å². The van der Waals surface area contributed by atoms with Gasteiger partial charge in [-0.2, -0.15) is 0 Å². The van der Waals surface area contributed by atoms with Gasteiger partial charge in [0.2, 0.25) is 5.91 Å². The maximum Gasteiger partial charge on any atom is 0.252 e. The molecule has 1 aliphatic heterocycles. The molecule has 2 atom stereocenters. The van der Waals surface area contributed by atoms with E-state index >= 15 is 0 Å². The van der Waals surface area contributed by atoms with E-state index < -0.39 is 16.9 Å². The van der Waals surface area contributed by atoms with Gasteiger partial charge < -0.3 is 20.5 Å². The standard InChI is InChI=1S/C20H37N3O4/c1-7-14(2)23-20(5,6)18(25)22-16(24)12-15(21)19(3,4)13-27-17-10-8-9-11-26-17/h12,14,17,23H,7-11,13,21H2,1-6H3,(H,22,24,25)/t14-,17?/m0/s1. The van der Waals surface area contributed by atoms with Crippen LogP contribution in [0.3, 0.4) is 0 Å². The summed E-state index contributed by atoms with van der Waals surface area (Å²) in [5, 5.41) is 5.60. The highest BCUT2D eigenvalue weighted by Gasteiger charge is 2.30. The van der Waals surface area contributed by atoms with Crippen LogP contribution in [0.25, 0.3) is 0 Å². The number of imide groups is 1. The minimum Gasteiger partial charge on any atom is -0.401 e. The Morgan fingerprint density at radius 3 is 2.52 bits per heavy atom. The minimum atomic E-state index is -0.857. The number of amides is 2. The maximum absolute atomic E-state index is 12.4. The Morgan fingerprint density at radius 2 is 1.96 bits per heavy atom. The van der Waals surface area contributed by atoms with Gasteiger partial charge in [-0.05, 0) is 46.5 Å². The van der Waals surface area contributed by atoms with Crippen molar-refractivity contribution in [2.24, 2.45) is 11.1 Å². The molecule has 0 bridgehead atoms. The van der Waals surface area contributed by atoms with E-state index in [0.29, 0.717) is 18.9 Å². The summed E-state index contributed by atoms with van der Waals surface area (Å²) in [5.74, 6) is -0.917. The first kappa shape index (κ1) is 23.6. The molecule has 0 radical (unpaired) electrons. The van der Waals surface area contributed by atoms with E-state index in [1.807, 2.05) is 27.7 Å². The van der Waals surface area contributed by atoms with Crippen molar-refractivity contribution in [1.29, 1.82) is 0 Å². The highest BCUT2D eigenvalue weighted by Crippen LogP contribution is 2.25. The van der Waals surface area contributed by atoms with Crippen LogP contribution in [0.1, 0.15) is 67.2 Å². The van der Waals surface area contributed by atoms with Gasteiger partial charge in [0.1, 0.15) is 0 Å². The molecule has 0 aromatic heterocycles. The largest absolute Gasteiger partial charge is 0.401 e. The van der Waals surface area contributed by atoms with E-state index in [9.17, 15) is 9.59 Å². The third-order valence-electron chi connectivity index (χ3n) is 4.86. The van der Waals surface area contributed by atoms with Crippen molar-refractivity contribution in [2.75, 3.05) is 13.2 Å². The molecule has 0 aromatic rings. The summed E-state index contributed by atoms with van der Waals surface area (Å²) in [6.45, 7) is 12.4. The Labute approximate surface area is 163 Å². The normalized spacial score (nSPS) is 20.2. The fraction of sp³-hybridized carbons (Fsp3) is 0.800. The molecule has 1 rings (SSSR count). The summed E-state index contributed by atoms with van der Waals surface area (Å²) >= 11 is 0. The predicted octanol–water partition coefficient (Wildman–Crippen LogP) is 2.21. The number of ether oxygens (including phenoxy) is 2. The Bertz CT molecular complexity index is 537. The maximum atomic E-state index is 12.4. The first-order valence-corrected chi connectivity index (χ1v) is 9.82. The minimum absolute atomic E-state index is 0.166. The van der Waals surface area contributed by atoms with Crippen LogP contribution < -0.4 is 16.4 Å². The number of carbonyl (C=O) groups is 2. The molecule has 156 valence electrons. The SMILES string of the molecule is CC[C@H](C)NC(C)(C)C(=O)NC(=O)C=C(N)C(C)(C)COC1CCCCO1. The molecule has 1 fully saturated rings. The van der Waals surface area contributed by atoms with Crippen LogP contribution in [0.5, 0.6) is 0 Å². The molecule has 7 heteroatoms. The summed E-state index contributed by atoms with van der Waals surface area (Å²) in [6, 6.07) is 0.166. The molecule has 1 heterocycles. The highest BCUT2D eigenvalue weighted by molar-refractivity contribution is 6.04.